The maximum Gasteiger partial charge on any atom is 0.229 e. The Hall–Kier alpha value is -2.53. The van der Waals surface area contributed by atoms with Gasteiger partial charge in [-0.05, 0) is 36.2 Å². The van der Waals surface area contributed by atoms with Crippen molar-refractivity contribution in [2.45, 2.75) is 19.9 Å². The van der Waals surface area contributed by atoms with Gasteiger partial charge in [0.2, 0.25) is 11.8 Å². The van der Waals surface area contributed by atoms with Gasteiger partial charge in [0.25, 0.3) is 0 Å². The molecule has 5 nitrogen and oxygen atoms in total. The molecule has 1 fully saturated rings. The molecular formula is C20H21ClN2O3. The Morgan fingerprint density at radius 1 is 1.31 bits per heavy atom. The van der Waals surface area contributed by atoms with Crippen LogP contribution in [-0.4, -0.2) is 30.4 Å². The van der Waals surface area contributed by atoms with E-state index < -0.39 is 5.92 Å². The predicted molar refractivity (Wildman–Crippen MR) is 101 cm³/mol. The van der Waals surface area contributed by atoms with Gasteiger partial charge in [0.15, 0.2) is 0 Å². The Labute approximate surface area is 157 Å². The van der Waals surface area contributed by atoms with Gasteiger partial charge in [0.1, 0.15) is 5.75 Å². The number of methoxy groups -OCH3 is 1. The van der Waals surface area contributed by atoms with Crippen molar-refractivity contribution in [2.75, 3.05) is 19.0 Å². The normalized spacial score (nSPS) is 16.7. The molecule has 1 saturated heterocycles. The Kier molecular flexibility index (Phi) is 5.47. The molecular weight excluding hydrogens is 352 g/mol. The number of nitrogens with zero attached hydrogens (tertiary/aromatic N) is 1. The average Bonchev–Trinajstić information content (AvgIpc) is 2.98. The number of likely N-dealkylation sites (tertiary alicyclic amines) is 1. The second-order valence-electron chi connectivity index (χ2n) is 6.44. The van der Waals surface area contributed by atoms with Crippen LogP contribution in [0.2, 0.25) is 5.02 Å². The second-order valence-corrected chi connectivity index (χ2v) is 6.87. The molecule has 1 heterocycles. The molecule has 3 rings (SSSR count). The highest BCUT2D eigenvalue weighted by Crippen LogP contribution is 2.29. The highest BCUT2D eigenvalue weighted by molar-refractivity contribution is 6.31. The fourth-order valence-electron chi connectivity index (χ4n) is 3.11. The molecule has 1 aliphatic rings. The zero-order valence-corrected chi connectivity index (χ0v) is 15.5. The molecule has 2 amide bonds. The van der Waals surface area contributed by atoms with Crippen LogP contribution in [0.5, 0.6) is 5.75 Å². The van der Waals surface area contributed by atoms with Crippen LogP contribution in [0, 0.1) is 12.8 Å². The zero-order chi connectivity index (χ0) is 18.7. The lowest BCUT2D eigenvalue weighted by atomic mass is 10.1. The first-order chi connectivity index (χ1) is 12.5. The highest BCUT2D eigenvalue weighted by Gasteiger charge is 2.34. The second kappa shape index (κ2) is 7.79. The van der Waals surface area contributed by atoms with E-state index in [1.54, 1.807) is 23.1 Å². The molecule has 0 spiro atoms. The number of anilines is 1. The number of benzene rings is 2. The smallest absolute Gasteiger partial charge is 0.229 e. The molecule has 26 heavy (non-hydrogen) atoms. The molecule has 2 aromatic rings. The summed E-state index contributed by atoms with van der Waals surface area (Å²) < 4.78 is 5.25. The van der Waals surface area contributed by atoms with Crippen molar-refractivity contribution in [3.8, 4) is 5.75 Å². The van der Waals surface area contributed by atoms with E-state index in [-0.39, 0.29) is 18.2 Å². The summed E-state index contributed by atoms with van der Waals surface area (Å²) >= 11 is 6.00. The van der Waals surface area contributed by atoms with Crippen LogP contribution in [-0.2, 0) is 16.1 Å². The zero-order valence-electron chi connectivity index (χ0n) is 14.8. The first-order valence-corrected chi connectivity index (χ1v) is 8.82. The minimum absolute atomic E-state index is 0.00791. The number of hydrogen-bond donors (Lipinski definition) is 1. The van der Waals surface area contributed by atoms with E-state index in [4.69, 9.17) is 16.3 Å². The fourth-order valence-corrected chi connectivity index (χ4v) is 3.28. The van der Waals surface area contributed by atoms with Gasteiger partial charge in [-0.25, -0.2) is 0 Å². The molecule has 1 atom stereocenters. The Bertz CT molecular complexity index is 838. The maximum absolute atomic E-state index is 12.6. The van der Waals surface area contributed by atoms with Crippen LogP contribution in [0.25, 0.3) is 0 Å². The third kappa shape index (κ3) is 3.99. The topological polar surface area (TPSA) is 58.6 Å². The van der Waals surface area contributed by atoms with Crippen LogP contribution in [0.4, 0.5) is 5.69 Å². The first kappa shape index (κ1) is 18.3. The molecule has 0 bridgehead atoms. The van der Waals surface area contributed by atoms with Gasteiger partial charge in [0, 0.05) is 24.5 Å². The summed E-state index contributed by atoms with van der Waals surface area (Å²) in [7, 11) is 1.53. The van der Waals surface area contributed by atoms with Gasteiger partial charge in [0.05, 0.1) is 18.7 Å². The number of carbonyl (C=O) groups is 2. The number of aryl methyl sites for hydroxylation is 1. The maximum atomic E-state index is 12.6. The molecule has 2 aromatic carbocycles. The summed E-state index contributed by atoms with van der Waals surface area (Å²) in [5.74, 6) is -0.0725. The SMILES string of the molecule is COc1ccc(Cl)cc1NC(=O)C1CC(=O)N(Cc2ccccc2C)C1. The Morgan fingerprint density at radius 3 is 2.81 bits per heavy atom. The van der Waals surface area contributed by atoms with Crippen molar-refractivity contribution in [1.29, 1.82) is 0 Å². The van der Waals surface area contributed by atoms with Crippen LogP contribution >= 0.6 is 11.6 Å². The van der Waals surface area contributed by atoms with Crippen LogP contribution in [0.3, 0.4) is 0 Å². The molecule has 6 heteroatoms. The van der Waals surface area contributed by atoms with E-state index in [0.29, 0.717) is 29.5 Å². The largest absolute Gasteiger partial charge is 0.495 e. The van der Waals surface area contributed by atoms with E-state index in [0.717, 1.165) is 11.1 Å². The van der Waals surface area contributed by atoms with E-state index in [9.17, 15) is 9.59 Å². The lowest BCUT2D eigenvalue weighted by Crippen LogP contribution is -2.28. The van der Waals surface area contributed by atoms with Crippen molar-refractivity contribution in [2.24, 2.45) is 5.92 Å². The summed E-state index contributed by atoms with van der Waals surface area (Å²) in [5, 5.41) is 3.34. The summed E-state index contributed by atoms with van der Waals surface area (Å²) in [6, 6.07) is 13.0. The van der Waals surface area contributed by atoms with E-state index in [1.807, 2.05) is 31.2 Å². The summed E-state index contributed by atoms with van der Waals surface area (Å²) in [5.41, 5.74) is 2.74. The van der Waals surface area contributed by atoms with Crippen molar-refractivity contribution < 1.29 is 14.3 Å². The molecule has 0 aromatic heterocycles. The van der Waals surface area contributed by atoms with E-state index in [2.05, 4.69) is 5.32 Å². The van der Waals surface area contributed by atoms with Gasteiger partial charge in [-0.15, -0.1) is 0 Å². The van der Waals surface area contributed by atoms with Crippen LogP contribution in [0.15, 0.2) is 42.5 Å². The number of ether oxygens (including phenoxy) is 1. The average molecular weight is 373 g/mol. The van der Waals surface area contributed by atoms with Crippen molar-refractivity contribution >= 4 is 29.1 Å². The van der Waals surface area contributed by atoms with Gasteiger partial charge >= 0.3 is 0 Å². The summed E-state index contributed by atoms with van der Waals surface area (Å²) in [4.78, 5) is 26.7. The van der Waals surface area contributed by atoms with E-state index in [1.165, 1.54) is 7.11 Å². The van der Waals surface area contributed by atoms with Crippen molar-refractivity contribution in [3.63, 3.8) is 0 Å². The molecule has 136 valence electrons. The lowest BCUT2D eigenvalue weighted by Gasteiger charge is -2.18. The van der Waals surface area contributed by atoms with Gasteiger partial charge in [-0.3, -0.25) is 9.59 Å². The number of hydrogen-bond acceptors (Lipinski definition) is 3. The molecule has 1 aliphatic heterocycles. The highest BCUT2D eigenvalue weighted by atomic mass is 35.5. The first-order valence-electron chi connectivity index (χ1n) is 8.44. The van der Waals surface area contributed by atoms with Crippen LogP contribution < -0.4 is 10.1 Å². The van der Waals surface area contributed by atoms with Crippen LogP contribution in [0.1, 0.15) is 17.5 Å². The number of rotatable bonds is 5. The molecule has 1 N–H and O–H groups in total. The number of halogens is 1. The molecule has 0 saturated carbocycles. The number of carbonyl (C=O) groups excluding carboxylic acids is 2. The monoisotopic (exact) mass is 372 g/mol. The van der Waals surface area contributed by atoms with Gasteiger partial charge in [-0.1, -0.05) is 35.9 Å². The summed E-state index contributed by atoms with van der Waals surface area (Å²) in [6.45, 7) is 2.95. The Morgan fingerprint density at radius 2 is 2.08 bits per heavy atom. The third-order valence-corrected chi connectivity index (χ3v) is 4.86. The molecule has 0 aliphatic carbocycles. The lowest BCUT2D eigenvalue weighted by molar-refractivity contribution is -0.128. The Balaban J connectivity index is 1.68. The number of nitrogens with one attached hydrogen (secondary N) is 1. The third-order valence-electron chi connectivity index (χ3n) is 4.63. The molecule has 0 radical (unpaired) electrons. The van der Waals surface area contributed by atoms with Gasteiger partial charge < -0.3 is 15.0 Å². The quantitative estimate of drug-likeness (QED) is 0.871. The minimum atomic E-state index is -0.393. The fraction of sp³-hybridized carbons (Fsp3) is 0.300. The molecule has 1 unspecified atom stereocenters. The standard InChI is InChI=1S/C20H21ClN2O3/c1-13-5-3-4-6-14(13)11-23-12-15(9-19(23)24)20(25)22-17-10-16(21)7-8-18(17)26-2/h3-8,10,15H,9,11-12H2,1-2H3,(H,22,25). The van der Waals surface area contributed by atoms with Gasteiger partial charge in [-0.2, -0.15) is 0 Å². The van der Waals surface area contributed by atoms with Crippen molar-refractivity contribution in [3.05, 3.63) is 58.6 Å². The minimum Gasteiger partial charge on any atom is -0.495 e. The summed E-state index contributed by atoms with van der Waals surface area (Å²) in [6.07, 6.45) is 0.209. The number of amides is 2. The predicted octanol–water partition coefficient (Wildman–Crippen LogP) is 3.64. The van der Waals surface area contributed by atoms with E-state index >= 15 is 0 Å². The van der Waals surface area contributed by atoms with Crippen molar-refractivity contribution in [1.82, 2.24) is 4.90 Å².